The van der Waals surface area contributed by atoms with Crippen LogP contribution in [0.1, 0.15) is 16.8 Å². The number of nitrogens with zero attached hydrogens (tertiary/aromatic N) is 2. The highest BCUT2D eigenvalue weighted by Gasteiger charge is 2.07. The highest BCUT2D eigenvalue weighted by atomic mass is 35.5. The molecule has 0 saturated carbocycles. The molecule has 1 heterocycles. The Balaban J connectivity index is 2.08. The number of rotatable bonds is 4. The Bertz CT molecular complexity index is 496. The largest absolute Gasteiger partial charge is 0.347 e. The molecule has 0 radical (unpaired) electrons. The molecule has 0 aliphatic heterocycles. The fourth-order valence-corrected chi connectivity index (χ4v) is 2.71. The van der Waals surface area contributed by atoms with Crippen LogP contribution in [0.4, 0.5) is 5.13 Å². The van der Waals surface area contributed by atoms with Crippen LogP contribution in [0.25, 0.3) is 0 Å². The molecule has 1 aromatic carbocycles. The Morgan fingerprint density at radius 1 is 1.41 bits per heavy atom. The predicted molar refractivity (Wildman–Crippen MR) is 75.0 cm³/mol. The fourth-order valence-electron chi connectivity index (χ4n) is 1.68. The van der Waals surface area contributed by atoms with Gasteiger partial charge in [0.25, 0.3) is 0 Å². The minimum absolute atomic E-state index is 0.481. The van der Waals surface area contributed by atoms with Gasteiger partial charge in [-0.05, 0) is 12.5 Å². The Labute approximate surface area is 111 Å². The average molecular weight is 267 g/mol. The molecule has 1 aromatic heterocycles. The number of anilines is 1. The molecule has 17 heavy (non-hydrogen) atoms. The number of thiazole rings is 1. The van der Waals surface area contributed by atoms with Crippen LogP contribution in [0.3, 0.4) is 0 Å². The van der Waals surface area contributed by atoms with Crippen LogP contribution in [-0.4, -0.2) is 12.0 Å². The van der Waals surface area contributed by atoms with Gasteiger partial charge in [0.15, 0.2) is 5.13 Å². The van der Waals surface area contributed by atoms with Gasteiger partial charge in [0.1, 0.15) is 0 Å². The van der Waals surface area contributed by atoms with Crippen LogP contribution in [0, 0.1) is 6.92 Å². The molecule has 2 aromatic rings. The van der Waals surface area contributed by atoms with Crippen molar-refractivity contribution >= 4 is 28.1 Å². The maximum Gasteiger partial charge on any atom is 0.185 e. The van der Waals surface area contributed by atoms with Crippen molar-refractivity contribution in [3.8, 4) is 0 Å². The first kappa shape index (κ1) is 12.4. The maximum absolute atomic E-state index is 5.75. The second-order valence-electron chi connectivity index (χ2n) is 4.10. The van der Waals surface area contributed by atoms with Gasteiger partial charge in [-0.2, -0.15) is 0 Å². The highest BCUT2D eigenvalue weighted by Crippen LogP contribution is 2.22. The van der Waals surface area contributed by atoms with Crippen molar-refractivity contribution in [3.63, 3.8) is 0 Å². The van der Waals surface area contributed by atoms with Crippen LogP contribution in [0.2, 0.25) is 0 Å². The summed E-state index contributed by atoms with van der Waals surface area (Å²) in [5, 5.41) is 3.02. The Hall–Kier alpha value is -1.06. The van der Waals surface area contributed by atoms with E-state index in [0.29, 0.717) is 5.88 Å². The van der Waals surface area contributed by atoms with E-state index in [1.54, 1.807) is 11.3 Å². The lowest BCUT2D eigenvalue weighted by Gasteiger charge is -2.15. The number of aromatic nitrogens is 1. The molecule has 0 unspecified atom stereocenters. The zero-order valence-corrected chi connectivity index (χ0v) is 11.6. The summed E-state index contributed by atoms with van der Waals surface area (Å²) in [6.07, 6.45) is 0. The standard InChI is InChI=1S/C13H15ClN2S/c1-10-4-3-5-11(6-10)8-16(2)13-15-12(7-14)9-17-13/h3-6,9H,7-8H2,1-2H3. The molecular formula is C13H15ClN2S. The molecule has 0 fully saturated rings. The summed E-state index contributed by atoms with van der Waals surface area (Å²) in [4.78, 5) is 6.61. The van der Waals surface area contributed by atoms with Gasteiger partial charge in [-0.25, -0.2) is 4.98 Å². The smallest absolute Gasteiger partial charge is 0.185 e. The zero-order valence-electron chi connectivity index (χ0n) is 9.98. The third-order valence-corrected chi connectivity index (χ3v) is 3.78. The molecule has 0 atom stereocenters. The first-order valence-corrected chi connectivity index (χ1v) is 6.87. The summed E-state index contributed by atoms with van der Waals surface area (Å²) in [6, 6.07) is 8.54. The summed E-state index contributed by atoms with van der Waals surface area (Å²) in [7, 11) is 2.05. The van der Waals surface area contributed by atoms with Crippen molar-refractivity contribution in [1.29, 1.82) is 0 Å². The van der Waals surface area contributed by atoms with E-state index in [9.17, 15) is 0 Å². The van der Waals surface area contributed by atoms with Crippen molar-refractivity contribution < 1.29 is 0 Å². The molecule has 0 amide bonds. The van der Waals surface area contributed by atoms with Crippen molar-refractivity contribution in [2.45, 2.75) is 19.3 Å². The molecule has 2 rings (SSSR count). The Morgan fingerprint density at radius 2 is 2.24 bits per heavy atom. The third-order valence-electron chi connectivity index (χ3n) is 2.51. The summed E-state index contributed by atoms with van der Waals surface area (Å²) >= 11 is 7.39. The van der Waals surface area contributed by atoms with Crippen LogP contribution in [0.5, 0.6) is 0 Å². The minimum Gasteiger partial charge on any atom is -0.347 e. The fraction of sp³-hybridized carbons (Fsp3) is 0.308. The lowest BCUT2D eigenvalue weighted by molar-refractivity contribution is 0.908. The van der Waals surface area contributed by atoms with E-state index in [-0.39, 0.29) is 0 Å². The molecule has 4 heteroatoms. The van der Waals surface area contributed by atoms with Gasteiger partial charge in [0.2, 0.25) is 0 Å². The van der Waals surface area contributed by atoms with Crippen LogP contribution in [-0.2, 0) is 12.4 Å². The van der Waals surface area contributed by atoms with Crippen molar-refractivity contribution in [2.24, 2.45) is 0 Å². The summed E-state index contributed by atoms with van der Waals surface area (Å²) in [6.45, 7) is 2.98. The maximum atomic E-state index is 5.75. The van der Waals surface area contributed by atoms with Gasteiger partial charge in [-0.3, -0.25) is 0 Å². The lowest BCUT2D eigenvalue weighted by Crippen LogP contribution is -2.16. The second-order valence-corrected chi connectivity index (χ2v) is 5.20. The van der Waals surface area contributed by atoms with E-state index in [2.05, 4.69) is 48.1 Å². The monoisotopic (exact) mass is 266 g/mol. The van der Waals surface area contributed by atoms with Gasteiger partial charge in [-0.1, -0.05) is 29.8 Å². The topological polar surface area (TPSA) is 16.1 Å². The average Bonchev–Trinajstić information content (AvgIpc) is 2.77. The molecular weight excluding hydrogens is 252 g/mol. The van der Waals surface area contributed by atoms with Crippen LogP contribution in [0.15, 0.2) is 29.6 Å². The van der Waals surface area contributed by atoms with E-state index in [4.69, 9.17) is 11.6 Å². The first-order chi connectivity index (χ1) is 8.19. The highest BCUT2D eigenvalue weighted by molar-refractivity contribution is 7.13. The van der Waals surface area contributed by atoms with Gasteiger partial charge >= 0.3 is 0 Å². The molecule has 2 nitrogen and oxygen atoms in total. The molecule has 0 N–H and O–H groups in total. The number of hydrogen-bond donors (Lipinski definition) is 0. The number of benzene rings is 1. The van der Waals surface area contributed by atoms with Gasteiger partial charge in [0, 0.05) is 19.0 Å². The third kappa shape index (κ3) is 3.20. The normalized spacial score (nSPS) is 10.5. The first-order valence-electron chi connectivity index (χ1n) is 5.46. The minimum atomic E-state index is 0.481. The SMILES string of the molecule is Cc1cccc(CN(C)c2nc(CCl)cs2)c1. The zero-order chi connectivity index (χ0) is 12.3. The van der Waals surface area contributed by atoms with Crippen LogP contribution >= 0.6 is 22.9 Å². The van der Waals surface area contributed by atoms with Gasteiger partial charge in [0.05, 0.1) is 11.6 Å². The van der Waals surface area contributed by atoms with E-state index in [1.165, 1.54) is 11.1 Å². The molecule has 0 bridgehead atoms. The number of alkyl halides is 1. The molecule has 90 valence electrons. The van der Waals surface area contributed by atoms with Crippen LogP contribution < -0.4 is 4.90 Å². The number of hydrogen-bond acceptors (Lipinski definition) is 3. The summed E-state index contributed by atoms with van der Waals surface area (Å²) in [5.74, 6) is 0.481. The number of halogens is 1. The van der Waals surface area contributed by atoms with Gasteiger partial charge < -0.3 is 4.90 Å². The van der Waals surface area contributed by atoms with E-state index < -0.39 is 0 Å². The second kappa shape index (κ2) is 5.52. The Morgan fingerprint density at radius 3 is 2.88 bits per heavy atom. The quantitative estimate of drug-likeness (QED) is 0.782. The summed E-state index contributed by atoms with van der Waals surface area (Å²) in [5.41, 5.74) is 3.54. The van der Waals surface area contributed by atoms with Gasteiger partial charge in [-0.15, -0.1) is 22.9 Å². The lowest BCUT2D eigenvalue weighted by atomic mass is 10.1. The molecule has 0 spiro atoms. The molecule has 0 aliphatic carbocycles. The van der Waals surface area contributed by atoms with E-state index >= 15 is 0 Å². The molecule has 0 aliphatic rings. The van der Waals surface area contributed by atoms with Crippen molar-refractivity contribution in [3.05, 3.63) is 46.5 Å². The van der Waals surface area contributed by atoms with Crippen molar-refractivity contribution in [1.82, 2.24) is 4.98 Å². The van der Waals surface area contributed by atoms with Crippen molar-refractivity contribution in [2.75, 3.05) is 11.9 Å². The molecule has 0 saturated heterocycles. The summed E-state index contributed by atoms with van der Waals surface area (Å²) < 4.78 is 0. The predicted octanol–water partition coefficient (Wildman–Crippen LogP) is 3.83. The van der Waals surface area contributed by atoms with E-state index in [0.717, 1.165) is 17.4 Å². The van der Waals surface area contributed by atoms with E-state index in [1.807, 2.05) is 5.38 Å². The number of aryl methyl sites for hydroxylation is 1. The Kier molecular flexibility index (Phi) is 4.02.